The molecule has 1 saturated carbocycles. The smallest absolute Gasteiger partial charge is 0.0736 e. The van der Waals surface area contributed by atoms with Crippen LogP contribution in [0.3, 0.4) is 0 Å². The Morgan fingerprint density at radius 3 is 2.96 bits per heavy atom. The quantitative estimate of drug-likeness (QED) is 0.785. The second kappa shape index (κ2) is 7.03. The molecule has 0 spiro atoms. The fraction of sp³-hybridized carbons (Fsp3) is 0.579. The predicted molar refractivity (Wildman–Crippen MR) is 92.5 cm³/mol. The van der Waals surface area contributed by atoms with E-state index in [-0.39, 0.29) is 0 Å². The van der Waals surface area contributed by atoms with Crippen molar-refractivity contribution < 1.29 is 4.74 Å². The van der Waals surface area contributed by atoms with Crippen LogP contribution in [0, 0.1) is 5.92 Å². The molecule has 5 heteroatoms. The molecule has 0 amide bonds. The van der Waals surface area contributed by atoms with Crippen LogP contribution in [0.25, 0.3) is 0 Å². The van der Waals surface area contributed by atoms with Gasteiger partial charge in [0.2, 0.25) is 0 Å². The summed E-state index contributed by atoms with van der Waals surface area (Å²) in [6.07, 6.45) is 6.85. The van der Waals surface area contributed by atoms with Gasteiger partial charge in [-0.05, 0) is 37.8 Å². The minimum atomic E-state index is 0.359. The van der Waals surface area contributed by atoms with Crippen LogP contribution >= 0.6 is 0 Å². The standard InChI is InChI=1S/C19H26N4O/c1-2-24-14-17-11-22(13-18-5-3-4-8-20-18)10-16-12-23(21-19(16)17)9-15-6-7-15/h3-5,8,12,15,17H,2,6-7,9-11,13-14H2,1H3. The third-order valence-electron chi connectivity index (χ3n) is 4.91. The van der Waals surface area contributed by atoms with Crippen LogP contribution in [-0.2, 0) is 24.4 Å². The lowest BCUT2D eigenvalue weighted by Gasteiger charge is -2.31. The van der Waals surface area contributed by atoms with Gasteiger partial charge in [-0.1, -0.05) is 6.07 Å². The number of nitrogens with zero attached hydrogens (tertiary/aromatic N) is 4. The number of ether oxygens (including phenoxy) is 1. The third kappa shape index (κ3) is 3.68. The molecular weight excluding hydrogens is 300 g/mol. The maximum Gasteiger partial charge on any atom is 0.0736 e. The molecule has 2 aromatic rings. The van der Waals surface area contributed by atoms with E-state index in [9.17, 15) is 0 Å². The molecule has 1 atom stereocenters. The van der Waals surface area contributed by atoms with Crippen LogP contribution in [0.5, 0.6) is 0 Å². The minimum absolute atomic E-state index is 0.359. The van der Waals surface area contributed by atoms with Gasteiger partial charge in [0.15, 0.2) is 0 Å². The molecule has 24 heavy (non-hydrogen) atoms. The highest BCUT2D eigenvalue weighted by molar-refractivity contribution is 5.25. The summed E-state index contributed by atoms with van der Waals surface area (Å²) >= 11 is 0. The minimum Gasteiger partial charge on any atom is -0.381 e. The van der Waals surface area contributed by atoms with Gasteiger partial charge in [0.25, 0.3) is 0 Å². The Balaban J connectivity index is 1.51. The maximum atomic E-state index is 5.74. The first-order chi connectivity index (χ1) is 11.8. The summed E-state index contributed by atoms with van der Waals surface area (Å²) in [5.41, 5.74) is 3.74. The maximum absolute atomic E-state index is 5.74. The zero-order valence-corrected chi connectivity index (χ0v) is 14.4. The van der Waals surface area contributed by atoms with Gasteiger partial charge in [0, 0.05) is 56.7 Å². The molecule has 1 fully saturated rings. The highest BCUT2D eigenvalue weighted by atomic mass is 16.5. The van der Waals surface area contributed by atoms with E-state index in [4.69, 9.17) is 9.84 Å². The molecule has 0 N–H and O–H groups in total. The first-order valence-corrected chi connectivity index (χ1v) is 9.08. The zero-order valence-electron chi connectivity index (χ0n) is 14.4. The van der Waals surface area contributed by atoms with Crippen molar-refractivity contribution in [3.63, 3.8) is 0 Å². The molecule has 3 heterocycles. The van der Waals surface area contributed by atoms with Gasteiger partial charge in [-0.15, -0.1) is 0 Å². The zero-order chi connectivity index (χ0) is 16.4. The molecule has 0 bridgehead atoms. The molecule has 1 unspecified atom stereocenters. The molecule has 0 aromatic carbocycles. The third-order valence-corrected chi connectivity index (χ3v) is 4.91. The normalized spacial score (nSPS) is 21.0. The topological polar surface area (TPSA) is 43.2 Å². The predicted octanol–water partition coefficient (Wildman–Crippen LogP) is 2.82. The van der Waals surface area contributed by atoms with E-state index in [1.54, 1.807) is 0 Å². The van der Waals surface area contributed by atoms with Gasteiger partial charge < -0.3 is 4.74 Å². The van der Waals surface area contributed by atoms with Crippen molar-refractivity contribution >= 4 is 0 Å². The van der Waals surface area contributed by atoms with Crippen LogP contribution in [0.1, 0.15) is 42.6 Å². The van der Waals surface area contributed by atoms with Gasteiger partial charge in [0.1, 0.15) is 0 Å². The van der Waals surface area contributed by atoms with Crippen molar-refractivity contribution in [2.75, 3.05) is 19.8 Å². The van der Waals surface area contributed by atoms with Gasteiger partial charge in [-0.25, -0.2) is 0 Å². The Bertz CT molecular complexity index is 665. The molecule has 128 valence electrons. The van der Waals surface area contributed by atoms with Crippen LogP contribution in [0.4, 0.5) is 0 Å². The lowest BCUT2D eigenvalue weighted by Crippen LogP contribution is -2.35. The Hall–Kier alpha value is -1.72. The summed E-state index contributed by atoms with van der Waals surface area (Å²) in [6, 6.07) is 6.13. The molecule has 1 aliphatic carbocycles. The monoisotopic (exact) mass is 326 g/mol. The summed E-state index contributed by atoms with van der Waals surface area (Å²) in [5.74, 6) is 1.21. The second-order valence-electron chi connectivity index (χ2n) is 7.05. The van der Waals surface area contributed by atoms with Gasteiger partial charge in [-0.3, -0.25) is 14.6 Å². The lowest BCUT2D eigenvalue weighted by atomic mass is 9.97. The summed E-state index contributed by atoms with van der Waals surface area (Å²) in [4.78, 5) is 6.94. The molecule has 1 aliphatic heterocycles. The van der Waals surface area contributed by atoms with E-state index >= 15 is 0 Å². The van der Waals surface area contributed by atoms with Crippen molar-refractivity contribution in [1.29, 1.82) is 0 Å². The Morgan fingerprint density at radius 2 is 2.21 bits per heavy atom. The number of pyridine rings is 1. The van der Waals surface area contributed by atoms with E-state index in [2.05, 4.69) is 39.8 Å². The number of aromatic nitrogens is 3. The number of hydrogen-bond acceptors (Lipinski definition) is 4. The van der Waals surface area contributed by atoms with Crippen LogP contribution in [-0.4, -0.2) is 39.4 Å². The Labute approximate surface area is 143 Å². The van der Waals surface area contributed by atoms with Crippen molar-refractivity contribution in [1.82, 2.24) is 19.7 Å². The average molecular weight is 326 g/mol. The van der Waals surface area contributed by atoms with Crippen LogP contribution in [0.2, 0.25) is 0 Å². The van der Waals surface area contributed by atoms with Gasteiger partial charge >= 0.3 is 0 Å². The number of rotatable bonds is 7. The first-order valence-electron chi connectivity index (χ1n) is 9.08. The molecule has 0 saturated heterocycles. The SMILES string of the molecule is CCOCC1CN(Cc2ccccn2)Cc2cn(CC3CC3)nc21. The van der Waals surface area contributed by atoms with Crippen molar-refractivity contribution in [2.45, 2.75) is 45.3 Å². The highest BCUT2D eigenvalue weighted by Crippen LogP contribution is 2.33. The summed E-state index contributed by atoms with van der Waals surface area (Å²) < 4.78 is 7.91. The van der Waals surface area contributed by atoms with Crippen LogP contribution < -0.4 is 0 Å². The largest absolute Gasteiger partial charge is 0.381 e. The first kappa shape index (κ1) is 15.8. The Morgan fingerprint density at radius 1 is 1.29 bits per heavy atom. The van der Waals surface area contributed by atoms with E-state index in [0.717, 1.165) is 51.0 Å². The fourth-order valence-electron chi connectivity index (χ4n) is 3.54. The van der Waals surface area contributed by atoms with E-state index in [1.807, 2.05) is 12.3 Å². The molecule has 0 radical (unpaired) electrons. The van der Waals surface area contributed by atoms with E-state index in [0.29, 0.717) is 5.92 Å². The summed E-state index contributed by atoms with van der Waals surface area (Å²) in [5, 5.41) is 4.90. The number of hydrogen-bond donors (Lipinski definition) is 0. The molecule has 5 nitrogen and oxygen atoms in total. The van der Waals surface area contributed by atoms with Crippen molar-refractivity contribution in [3.8, 4) is 0 Å². The average Bonchev–Trinajstić information content (AvgIpc) is 3.31. The molecule has 2 aromatic heterocycles. The molecule has 2 aliphatic rings. The summed E-state index contributed by atoms with van der Waals surface area (Å²) in [6.45, 7) is 7.48. The van der Waals surface area contributed by atoms with Crippen molar-refractivity contribution in [2.24, 2.45) is 5.92 Å². The van der Waals surface area contributed by atoms with Gasteiger partial charge in [0.05, 0.1) is 18.0 Å². The van der Waals surface area contributed by atoms with Crippen LogP contribution in [0.15, 0.2) is 30.6 Å². The van der Waals surface area contributed by atoms with Crippen molar-refractivity contribution in [3.05, 3.63) is 47.5 Å². The van der Waals surface area contributed by atoms with E-state index < -0.39 is 0 Å². The fourth-order valence-corrected chi connectivity index (χ4v) is 3.54. The summed E-state index contributed by atoms with van der Waals surface area (Å²) in [7, 11) is 0. The lowest BCUT2D eigenvalue weighted by molar-refractivity contribution is 0.103. The number of fused-ring (bicyclic) bond motifs is 1. The Kier molecular flexibility index (Phi) is 4.63. The second-order valence-corrected chi connectivity index (χ2v) is 7.05. The molecular formula is C19H26N4O. The molecule has 4 rings (SSSR count). The van der Waals surface area contributed by atoms with E-state index in [1.165, 1.54) is 24.1 Å². The highest BCUT2D eigenvalue weighted by Gasteiger charge is 2.30. The van der Waals surface area contributed by atoms with Gasteiger partial charge in [-0.2, -0.15) is 5.10 Å².